The second kappa shape index (κ2) is 8.57. The van der Waals surface area contributed by atoms with E-state index in [-0.39, 0.29) is 22.6 Å². The smallest absolute Gasteiger partial charge is 0.534 e. The Morgan fingerprint density at radius 1 is 1.23 bits per heavy atom. The van der Waals surface area contributed by atoms with E-state index in [0.717, 1.165) is 45.1 Å². The largest absolute Gasteiger partial charge is 0.547 e. The van der Waals surface area contributed by atoms with Crippen LogP contribution < -0.4 is 21.0 Å². The number of carboxylic acids is 1. The van der Waals surface area contributed by atoms with Gasteiger partial charge in [0, 0.05) is 19.1 Å². The number of carbonyl (C=O) groups excluding carboxylic acids is 1. The van der Waals surface area contributed by atoms with Crippen LogP contribution in [-0.2, 0) is 11.2 Å². The summed E-state index contributed by atoms with van der Waals surface area (Å²) in [5, 5.41) is 26.2. The fraction of sp³-hybridized carbons (Fsp3) is 0.619. The monoisotopic (exact) mass is 415 g/mol. The summed E-state index contributed by atoms with van der Waals surface area (Å²) in [6.07, 6.45) is 6.26. The number of carbonyl (C=O) groups is 2. The number of hydrogen-bond acceptors (Lipinski definition) is 6. The molecule has 0 aromatic heterocycles. The summed E-state index contributed by atoms with van der Waals surface area (Å²) in [7, 11) is -1.27. The average Bonchev–Trinajstić information content (AvgIpc) is 3.55. The number of rotatable bonds is 7. The molecular formula is C21H30BN3O5. The summed E-state index contributed by atoms with van der Waals surface area (Å²) < 4.78 is 5.51. The van der Waals surface area contributed by atoms with Gasteiger partial charge in [0.1, 0.15) is 5.75 Å². The molecule has 2 aliphatic carbocycles. The van der Waals surface area contributed by atoms with Crippen molar-refractivity contribution in [2.24, 2.45) is 17.1 Å². The molecule has 1 amide bonds. The Hall–Kier alpha value is -2.10. The lowest BCUT2D eigenvalue weighted by Crippen LogP contribution is -2.55. The average molecular weight is 415 g/mol. The number of nitrogens with two attached hydrogens (primary N) is 1. The van der Waals surface area contributed by atoms with Gasteiger partial charge in [-0.05, 0) is 62.5 Å². The molecular weight excluding hydrogens is 385 g/mol. The normalized spacial score (nSPS) is 27.0. The molecule has 8 nitrogen and oxygen atoms in total. The first-order valence-electron chi connectivity index (χ1n) is 10.9. The van der Waals surface area contributed by atoms with Crippen LogP contribution in [0.15, 0.2) is 18.2 Å². The predicted octanol–water partition coefficient (Wildman–Crippen LogP) is 0.712. The maximum absolute atomic E-state index is 13.2. The molecule has 1 heterocycles. The standard InChI is InChI=1S/C21H30BN3O5/c23-10-11-24-15-6-4-14(5-7-15)21(8-9-21)20(28)25-17-12-13-2-1-3-16(19(26)27)18(13)30-22(17)29/h1-3,14-15,17,24,29H,4-12,23H2,(H,25,28)(H,26,27)/t14?,15?,17-/m0/s1. The van der Waals surface area contributed by atoms with Crippen molar-refractivity contribution < 1.29 is 24.4 Å². The van der Waals surface area contributed by atoms with Crippen molar-refractivity contribution in [3.05, 3.63) is 29.3 Å². The molecule has 2 fully saturated rings. The third kappa shape index (κ3) is 4.06. The van der Waals surface area contributed by atoms with Crippen LogP contribution >= 0.6 is 0 Å². The quantitative estimate of drug-likeness (QED) is 0.414. The number of hydrogen-bond donors (Lipinski definition) is 5. The zero-order chi connectivity index (χ0) is 21.3. The van der Waals surface area contributed by atoms with Crippen LogP contribution in [0.1, 0.15) is 54.4 Å². The zero-order valence-corrected chi connectivity index (χ0v) is 17.1. The van der Waals surface area contributed by atoms with Crippen LogP contribution in [0.25, 0.3) is 0 Å². The molecule has 1 atom stereocenters. The van der Waals surface area contributed by atoms with E-state index in [1.165, 1.54) is 6.07 Å². The molecule has 0 radical (unpaired) electrons. The van der Waals surface area contributed by atoms with E-state index in [1.54, 1.807) is 12.1 Å². The van der Waals surface area contributed by atoms with Crippen molar-refractivity contribution in [2.75, 3.05) is 13.1 Å². The van der Waals surface area contributed by atoms with E-state index in [0.29, 0.717) is 30.5 Å². The molecule has 1 aromatic rings. The Balaban J connectivity index is 1.38. The van der Waals surface area contributed by atoms with Gasteiger partial charge in [-0.2, -0.15) is 0 Å². The van der Waals surface area contributed by atoms with Crippen molar-refractivity contribution >= 4 is 19.0 Å². The summed E-state index contributed by atoms with van der Waals surface area (Å²) >= 11 is 0. The van der Waals surface area contributed by atoms with Gasteiger partial charge in [0.2, 0.25) is 5.91 Å². The molecule has 0 spiro atoms. The Labute approximate surface area is 176 Å². The van der Waals surface area contributed by atoms with E-state index < -0.39 is 19.0 Å². The molecule has 1 aliphatic heterocycles. The van der Waals surface area contributed by atoms with Crippen LogP contribution in [0.5, 0.6) is 5.75 Å². The van der Waals surface area contributed by atoms with E-state index in [4.69, 9.17) is 10.4 Å². The summed E-state index contributed by atoms with van der Waals surface area (Å²) in [5.74, 6) is -1.15. The third-order valence-corrected chi connectivity index (χ3v) is 6.99. The van der Waals surface area contributed by atoms with Gasteiger partial charge in [0.25, 0.3) is 0 Å². The number of nitrogens with one attached hydrogen (secondary N) is 2. The van der Waals surface area contributed by atoms with Gasteiger partial charge < -0.3 is 31.2 Å². The van der Waals surface area contributed by atoms with Gasteiger partial charge in [-0.25, -0.2) is 4.79 Å². The molecule has 9 heteroatoms. The Kier molecular flexibility index (Phi) is 6.04. The molecule has 2 saturated carbocycles. The van der Waals surface area contributed by atoms with Crippen LogP contribution in [0.2, 0.25) is 0 Å². The second-order valence-electron chi connectivity index (χ2n) is 8.84. The van der Waals surface area contributed by atoms with Gasteiger partial charge in [-0.3, -0.25) is 4.79 Å². The highest BCUT2D eigenvalue weighted by Crippen LogP contribution is 2.56. The van der Waals surface area contributed by atoms with Crippen LogP contribution in [0.4, 0.5) is 0 Å². The van der Waals surface area contributed by atoms with Crippen molar-refractivity contribution in [1.82, 2.24) is 10.6 Å². The van der Waals surface area contributed by atoms with E-state index in [1.807, 2.05) is 0 Å². The van der Waals surface area contributed by atoms with Gasteiger partial charge in [-0.15, -0.1) is 0 Å². The lowest BCUT2D eigenvalue weighted by Gasteiger charge is -2.35. The maximum atomic E-state index is 13.2. The molecule has 30 heavy (non-hydrogen) atoms. The first-order valence-corrected chi connectivity index (χ1v) is 10.9. The Morgan fingerprint density at radius 3 is 2.60 bits per heavy atom. The molecule has 0 unspecified atom stereocenters. The van der Waals surface area contributed by atoms with Gasteiger partial charge in [0.15, 0.2) is 0 Å². The molecule has 0 saturated heterocycles. The molecule has 162 valence electrons. The topological polar surface area (TPSA) is 134 Å². The highest BCUT2D eigenvalue weighted by molar-refractivity contribution is 6.47. The van der Waals surface area contributed by atoms with E-state index in [9.17, 15) is 19.7 Å². The van der Waals surface area contributed by atoms with Crippen molar-refractivity contribution in [1.29, 1.82) is 0 Å². The fourth-order valence-electron chi connectivity index (χ4n) is 5.12. The number of carboxylic acid groups (broad SMARTS) is 1. The predicted molar refractivity (Wildman–Crippen MR) is 112 cm³/mol. The first-order chi connectivity index (χ1) is 14.4. The lowest BCUT2D eigenvalue weighted by atomic mass is 9.71. The number of para-hydroxylation sites is 1. The number of amides is 1. The molecule has 1 aromatic carbocycles. The lowest BCUT2D eigenvalue weighted by molar-refractivity contribution is -0.129. The van der Waals surface area contributed by atoms with Crippen molar-refractivity contribution in [3.63, 3.8) is 0 Å². The summed E-state index contributed by atoms with van der Waals surface area (Å²) in [4.78, 5) is 24.6. The zero-order valence-electron chi connectivity index (χ0n) is 17.1. The van der Waals surface area contributed by atoms with Crippen molar-refractivity contribution in [2.45, 2.75) is 56.9 Å². The number of fused-ring (bicyclic) bond motifs is 1. The third-order valence-electron chi connectivity index (χ3n) is 6.99. The fourth-order valence-corrected chi connectivity index (χ4v) is 5.12. The molecule has 0 bridgehead atoms. The van der Waals surface area contributed by atoms with Gasteiger partial charge >= 0.3 is 13.1 Å². The van der Waals surface area contributed by atoms with Crippen LogP contribution in [-0.4, -0.2) is 54.2 Å². The highest BCUT2D eigenvalue weighted by Gasteiger charge is 2.56. The minimum Gasteiger partial charge on any atom is -0.534 e. The van der Waals surface area contributed by atoms with Gasteiger partial charge in [-0.1, -0.05) is 12.1 Å². The molecule has 4 rings (SSSR count). The highest BCUT2D eigenvalue weighted by atomic mass is 16.5. The SMILES string of the molecule is NCCNC1CCC(C2(C(=O)N[C@H]3Cc4cccc(C(=O)O)c4OB3O)CC2)CC1. The van der Waals surface area contributed by atoms with Crippen LogP contribution in [0, 0.1) is 11.3 Å². The summed E-state index contributed by atoms with van der Waals surface area (Å²) in [5.41, 5.74) is 5.94. The molecule has 6 N–H and O–H groups in total. The Bertz CT molecular complexity index is 808. The molecule has 3 aliphatic rings. The van der Waals surface area contributed by atoms with Gasteiger partial charge in [0.05, 0.1) is 16.9 Å². The van der Waals surface area contributed by atoms with E-state index >= 15 is 0 Å². The number of benzene rings is 1. The minimum absolute atomic E-state index is 0.00800. The first kappa shape index (κ1) is 21.1. The minimum atomic E-state index is -1.27. The summed E-state index contributed by atoms with van der Waals surface area (Å²) in [6, 6.07) is 5.36. The maximum Gasteiger partial charge on any atom is 0.547 e. The van der Waals surface area contributed by atoms with Crippen LogP contribution in [0.3, 0.4) is 0 Å². The second-order valence-corrected chi connectivity index (χ2v) is 8.84. The Morgan fingerprint density at radius 2 is 1.97 bits per heavy atom. The summed E-state index contributed by atoms with van der Waals surface area (Å²) in [6.45, 7) is 1.46. The van der Waals surface area contributed by atoms with E-state index in [2.05, 4.69) is 10.6 Å². The number of aromatic carboxylic acids is 1. The van der Waals surface area contributed by atoms with Crippen molar-refractivity contribution in [3.8, 4) is 5.75 Å².